The van der Waals surface area contributed by atoms with Crippen molar-refractivity contribution in [1.29, 1.82) is 0 Å². The molecule has 6 heteroatoms. The minimum atomic E-state index is -0.303. The zero-order valence-corrected chi connectivity index (χ0v) is 7.01. The predicted molar refractivity (Wildman–Crippen MR) is 41.8 cm³/mol. The van der Waals surface area contributed by atoms with E-state index in [1.165, 1.54) is 0 Å². The van der Waals surface area contributed by atoms with E-state index in [-0.39, 0.29) is 19.0 Å². The molecule has 0 radical (unpaired) electrons. The summed E-state index contributed by atoms with van der Waals surface area (Å²) in [4.78, 5) is 0. The Labute approximate surface area is 74.9 Å². The van der Waals surface area contributed by atoms with E-state index >= 15 is 0 Å². The van der Waals surface area contributed by atoms with E-state index in [0.29, 0.717) is 13.0 Å². The van der Waals surface area contributed by atoms with Gasteiger partial charge < -0.3 is 14.6 Å². The first-order valence-corrected chi connectivity index (χ1v) is 4.11. The fourth-order valence-corrected chi connectivity index (χ4v) is 1.21. The van der Waals surface area contributed by atoms with Crippen LogP contribution in [0.2, 0.25) is 0 Å². The van der Waals surface area contributed by atoms with Crippen LogP contribution >= 0.6 is 0 Å². The zero-order valence-electron chi connectivity index (χ0n) is 7.01. The Kier molecular flexibility index (Phi) is 2.53. The van der Waals surface area contributed by atoms with Crippen LogP contribution in [0.1, 0.15) is 5.69 Å². The number of rotatable bonds is 3. The summed E-state index contributed by atoms with van der Waals surface area (Å²) in [7, 11) is 0. The number of H-pyrrole nitrogens is 1. The summed E-state index contributed by atoms with van der Waals surface area (Å²) in [5.41, 5.74) is 0.795. The third-order valence-corrected chi connectivity index (χ3v) is 1.86. The smallest absolute Gasteiger partial charge is 0.163 e. The summed E-state index contributed by atoms with van der Waals surface area (Å²) >= 11 is 0. The summed E-state index contributed by atoms with van der Waals surface area (Å²) in [5.74, 6) is 0. The van der Waals surface area contributed by atoms with Gasteiger partial charge in [0.25, 0.3) is 0 Å². The molecule has 1 aromatic rings. The second-order valence-electron chi connectivity index (χ2n) is 2.87. The molecule has 72 valence electrons. The van der Waals surface area contributed by atoms with E-state index in [0.717, 1.165) is 5.69 Å². The van der Waals surface area contributed by atoms with Crippen molar-refractivity contribution in [2.45, 2.75) is 18.8 Å². The number of ether oxygens (including phenoxy) is 2. The molecule has 1 aliphatic rings. The van der Waals surface area contributed by atoms with E-state index < -0.39 is 0 Å². The standard InChI is InChI=1S/C7H11N3O3/c11-3-6-4-12-7(13-6)1-5-2-8-10-9-5/h2,6-7,11H,1,3-4H2,(H,8,9,10). The summed E-state index contributed by atoms with van der Waals surface area (Å²) < 4.78 is 10.6. The number of aliphatic hydroxyl groups is 1. The highest BCUT2D eigenvalue weighted by Gasteiger charge is 2.25. The van der Waals surface area contributed by atoms with Crippen LogP contribution in [0.5, 0.6) is 0 Å². The van der Waals surface area contributed by atoms with Gasteiger partial charge in [0.1, 0.15) is 6.10 Å². The molecule has 13 heavy (non-hydrogen) atoms. The Balaban J connectivity index is 1.84. The highest BCUT2D eigenvalue weighted by atomic mass is 16.7. The third kappa shape index (κ3) is 2.03. The van der Waals surface area contributed by atoms with Crippen LogP contribution in [0, 0.1) is 0 Å². The van der Waals surface area contributed by atoms with Crippen molar-refractivity contribution in [2.75, 3.05) is 13.2 Å². The van der Waals surface area contributed by atoms with E-state index in [4.69, 9.17) is 14.6 Å². The molecular formula is C7H11N3O3. The minimum Gasteiger partial charge on any atom is -0.394 e. The van der Waals surface area contributed by atoms with E-state index in [9.17, 15) is 0 Å². The van der Waals surface area contributed by atoms with Crippen molar-refractivity contribution in [3.63, 3.8) is 0 Å². The largest absolute Gasteiger partial charge is 0.394 e. The van der Waals surface area contributed by atoms with Crippen LogP contribution in [-0.4, -0.2) is 46.1 Å². The first-order valence-electron chi connectivity index (χ1n) is 4.11. The monoisotopic (exact) mass is 185 g/mol. The van der Waals surface area contributed by atoms with Gasteiger partial charge in [-0.2, -0.15) is 15.4 Å². The molecule has 2 N–H and O–H groups in total. The first-order chi connectivity index (χ1) is 6.38. The van der Waals surface area contributed by atoms with Gasteiger partial charge in [0.15, 0.2) is 6.29 Å². The maximum Gasteiger partial charge on any atom is 0.163 e. The number of nitrogens with zero attached hydrogens (tertiary/aromatic N) is 2. The average Bonchev–Trinajstić information content (AvgIpc) is 2.76. The maximum absolute atomic E-state index is 8.77. The van der Waals surface area contributed by atoms with Crippen molar-refractivity contribution < 1.29 is 14.6 Å². The third-order valence-electron chi connectivity index (χ3n) is 1.86. The molecule has 1 fully saturated rings. The highest BCUT2D eigenvalue weighted by Crippen LogP contribution is 2.14. The molecular weight excluding hydrogens is 174 g/mol. The lowest BCUT2D eigenvalue weighted by Gasteiger charge is -2.07. The van der Waals surface area contributed by atoms with Crippen molar-refractivity contribution in [3.8, 4) is 0 Å². The molecule has 1 saturated heterocycles. The van der Waals surface area contributed by atoms with E-state index in [2.05, 4.69) is 15.4 Å². The summed E-state index contributed by atoms with van der Waals surface area (Å²) in [6.45, 7) is 0.439. The Morgan fingerprint density at radius 3 is 3.23 bits per heavy atom. The molecule has 0 aromatic carbocycles. The lowest BCUT2D eigenvalue weighted by Crippen LogP contribution is -2.17. The van der Waals surface area contributed by atoms with Crippen LogP contribution in [0.25, 0.3) is 0 Å². The second kappa shape index (κ2) is 3.82. The van der Waals surface area contributed by atoms with Crippen LogP contribution in [-0.2, 0) is 15.9 Å². The summed E-state index contributed by atoms with van der Waals surface area (Å²) in [5, 5.41) is 18.8. The molecule has 0 bridgehead atoms. The topological polar surface area (TPSA) is 80.3 Å². The Hall–Kier alpha value is -0.980. The summed E-state index contributed by atoms with van der Waals surface area (Å²) in [6, 6.07) is 0. The van der Waals surface area contributed by atoms with Crippen molar-refractivity contribution in [3.05, 3.63) is 11.9 Å². The molecule has 2 heterocycles. The van der Waals surface area contributed by atoms with Gasteiger partial charge in [0, 0.05) is 6.42 Å². The van der Waals surface area contributed by atoms with Gasteiger partial charge in [-0.05, 0) is 0 Å². The fraction of sp³-hybridized carbons (Fsp3) is 0.714. The molecule has 0 aliphatic carbocycles. The predicted octanol–water partition coefficient (Wildman–Crippen LogP) is -0.919. The average molecular weight is 185 g/mol. The number of aromatic amines is 1. The molecule has 0 spiro atoms. The fourth-order valence-electron chi connectivity index (χ4n) is 1.21. The maximum atomic E-state index is 8.77. The quantitative estimate of drug-likeness (QED) is 0.636. The number of aliphatic hydroxyl groups excluding tert-OH is 1. The van der Waals surface area contributed by atoms with Gasteiger partial charge in [-0.1, -0.05) is 0 Å². The molecule has 0 saturated carbocycles. The van der Waals surface area contributed by atoms with Crippen LogP contribution in [0.15, 0.2) is 6.20 Å². The number of hydrogen-bond acceptors (Lipinski definition) is 5. The van der Waals surface area contributed by atoms with Crippen LogP contribution < -0.4 is 0 Å². The molecule has 0 amide bonds. The van der Waals surface area contributed by atoms with Crippen LogP contribution in [0.4, 0.5) is 0 Å². The molecule has 2 unspecified atom stereocenters. The Bertz CT molecular complexity index is 251. The lowest BCUT2D eigenvalue weighted by atomic mass is 10.3. The van der Waals surface area contributed by atoms with Crippen molar-refractivity contribution >= 4 is 0 Å². The lowest BCUT2D eigenvalue weighted by molar-refractivity contribution is -0.0638. The van der Waals surface area contributed by atoms with Gasteiger partial charge in [-0.3, -0.25) is 0 Å². The van der Waals surface area contributed by atoms with Crippen molar-refractivity contribution in [2.24, 2.45) is 0 Å². The first kappa shape index (κ1) is 8.61. The van der Waals surface area contributed by atoms with Gasteiger partial charge in [0.05, 0.1) is 25.1 Å². The number of aromatic nitrogens is 3. The zero-order chi connectivity index (χ0) is 9.10. The molecule has 2 rings (SSSR count). The van der Waals surface area contributed by atoms with Crippen LogP contribution in [0.3, 0.4) is 0 Å². The summed E-state index contributed by atoms with van der Waals surface area (Å²) in [6.07, 6.45) is 1.69. The molecule has 6 nitrogen and oxygen atoms in total. The Morgan fingerprint density at radius 2 is 2.62 bits per heavy atom. The normalized spacial score (nSPS) is 28.1. The van der Waals surface area contributed by atoms with E-state index in [1.54, 1.807) is 6.20 Å². The van der Waals surface area contributed by atoms with Crippen molar-refractivity contribution in [1.82, 2.24) is 15.4 Å². The van der Waals surface area contributed by atoms with Gasteiger partial charge >= 0.3 is 0 Å². The second-order valence-corrected chi connectivity index (χ2v) is 2.87. The molecule has 1 aromatic heterocycles. The molecule has 2 atom stereocenters. The minimum absolute atomic E-state index is 0.00465. The van der Waals surface area contributed by atoms with Gasteiger partial charge in [-0.25, -0.2) is 0 Å². The SMILES string of the molecule is OCC1COC(Cc2cn[nH]n2)O1. The van der Waals surface area contributed by atoms with E-state index in [1.807, 2.05) is 0 Å². The number of nitrogens with one attached hydrogen (secondary N) is 1. The number of hydrogen-bond donors (Lipinski definition) is 2. The highest BCUT2D eigenvalue weighted by molar-refractivity contribution is 4.92. The van der Waals surface area contributed by atoms with Gasteiger partial charge in [-0.15, -0.1) is 0 Å². The molecule has 1 aliphatic heterocycles. The Morgan fingerprint density at radius 1 is 1.69 bits per heavy atom. The van der Waals surface area contributed by atoms with Gasteiger partial charge in [0.2, 0.25) is 0 Å².